The lowest BCUT2D eigenvalue weighted by molar-refractivity contribution is -0.151. The fraction of sp³-hybridized carbons (Fsp3) is 0.700. The third kappa shape index (κ3) is 8.38. The first-order chi connectivity index (χ1) is 14.7. The highest BCUT2D eigenvalue weighted by Crippen LogP contribution is 2.24. The standard InChI is InChI=1S/C20H31N3O6S2/c1-11(2)18-15(24)9-17(26)29-13-6-4-5-7-30-31-10-14(20(28)23-18)22-19(27)12(3)21-16(25)8-13/h4,6,11-15,18,24H,5,7-10H2,1-3H3,(H,21,25)(H,22,27)(H,23,28)/t12-,13-,14-,15+,18-/m1/s1. The number of carbonyl (C=O) groups is 4. The van der Waals surface area contributed by atoms with Gasteiger partial charge in [0, 0.05) is 11.5 Å². The number of hydrogen-bond donors (Lipinski definition) is 4. The van der Waals surface area contributed by atoms with Crippen molar-refractivity contribution in [3.05, 3.63) is 12.2 Å². The van der Waals surface area contributed by atoms with E-state index in [0.717, 1.165) is 5.75 Å². The summed E-state index contributed by atoms with van der Waals surface area (Å²) in [5, 5.41) is 18.7. The Hall–Kier alpha value is -1.72. The maximum atomic E-state index is 13.0. The third-order valence-electron chi connectivity index (χ3n) is 4.93. The molecule has 4 N–H and O–H groups in total. The minimum absolute atomic E-state index is 0.147. The molecule has 1 fully saturated rings. The molecule has 0 spiro atoms. The molecule has 0 saturated carbocycles. The van der Waals surface area contributed by atoms with Crippen LogP contribution in [0.3, 0.4) is 0 Å². The van der Waals surface area contributed by atoms with Gasteiger partial charge >= 0.3 is 5.97 Å². The van der Waals surface area contributed by atoms with Gasteiger partial charge in [-0.15, -0.1) is 0 Å². The van der Waals surface area contributed by atoms with Crippen LogP contribution >= 0.6 is 21.6 Å². The van der Waals surface area contributed by atoms with E-state index in [1.54, 1.807) is 16.9 Å². The van der Waals surface area contributed by atoms with Crippen LogP contribution in [0.15, 0.2) is 12.2 Å². The van der Waals surface area contributed by atoms with E-state index in [2.05, 4.69) is 16.0 Å². The highest BCUT2D eigenvalue weighted by molar-refractivity contribution is 8.76. The topological polar surface area (TPSA) is 134 Å². The van der Waals surface area contributed by atoms with Crippen LogP contribution < -0.4 is 16.0 Å². The van der Waals surface area contributed by atoms with Crippen LogP contribution in [0.2, 0.25) is 0 Å². The average Bonchev–Trinajstić information content (AvgIpc) is 2.68. The summed E-state index contributed by atoms with van der Waals surface area (Å²) in [4.78, 5) is 50.4. The molecule has 0 aromatic carbocycles. The van der Waals surface area contributed by atoms with Crippen LogP contribution in [-0.4, -0.2) is 70.6 Å². The molecule has 0 unspecified atom stereocenters. The van der Waals surface area contributed by atoms with Crippen molar-refractivity contribution in [3.8, 4) is 0 Å². The smallest absolute Gasteiger partial charge is 0.309 e. The summed E-state index contributed by atoms with van der Waals surface area (Å²) < 4.78 is 5.43. The molecule has 0 radical (unpaired) electrons. The normalized spacial score (nSPS) is 32.1. The lowest BCUT2D eigenvalue weighted by Crippen LogP contribution is -2.57. The zero-order valence-electron chi connectivity index (χ0n) is 18.0. The average molecular weight is 474 g/mol. The molecule has 174 valence electrons. The molecule has 2 rings (SSSR count). The van der Waals surface area contributed by atoms with Gasteiger partial charge < -0.3 is 25.8 Å². The Bertz CT molecular complexity index is 702. The Labute approximate surface area is 190 Å². The highest BCUT2D eigenvalue weighted by Gasteiger charge is 2.32. The van der Waals surface area contributed by atoms with Crippen LogP contribution in [0.1, 0.15) is 40.0 Å². The molecule has 31 heavy (non-hydrogen) atoms. The molecule has 3 amide bonds. The highest BCUT2D eigenvalue weighted by atomic mass is 33.1. The van der Waals surface area contributed by atoms with Crippen molar-refractivity contribution in [1.29, 1.82) is 0 Å². The molecule has 2 heterocycles. The zero-order valence-corrected chi connectivity index (χ0v) is 19.6. The Kier molecular flexibility index (Phi) is 10.2. The van der Waals surface area contributed by atoms with E-state index >= 15 is 0 Å². The molecule has 9 nitrogen and oxygen atoms in total. The van der Waals surface area contributed by atoms with Gasteiger partial charge in [0.05, 0.1) is 25.0 Å². The van der Waals surface area contributed by atoms with Crippen molar-refractivity contribution >= 4 is 45.3 Å². The van der Waals surface area contributed by atoms with Crippen molar-refractivity contribution in [3.63, 3.8) is 0 Å². The summed E-state index contributed by atoms with van der Waals surface area (Å²) in [6, 6.07) is -2.44. The monoisotopic (exact) mass is 473 g/mol. The number of ether oxygens (including phenoxy) is 1. The van der Waals surface area contributed by atoms with Gasteiger partial charge in [0.2, 0.25) is 17.7 Å². The predicted octanol–water partition coefficient (Wildman–Crippen LogP) is 0.525. The number of nitrogens with one attached hydrogen (secondary N) is 3. The van der Waals surface area contributed by atoms with Crippen molar-refractivity contribution in [2.45, 2.75) is 70.4 Å². The molecule has 0 aliphatic carbocycles. The van der Waals surface area contributed by atoms with Gasteiger partial charge in [0.25, 0.3) is 0 Å². The van der Waals surface area contributed by atoms with E-state index in [-0.39, 0.29) is 18.8 Å². The quantitative estimate of drug-likeness (QED) is 0.246. The van der Waals surface area contributed by atoms with Gasteiger partial charge in [-0.05, 0) is 25.3 Å². The van der Waals surface area contributed by atoms with Crippen LogP contribution in [0.4, 0.5) is 0 Å². The van der Waals surface area contributed by atoms with Gasteiger partial charge in [0.1, 0.15) is 18.2 Å². The zero-order chi connectivity index (χ0) is 23.0. The minimum atomic E-state index is -1.18. The first-order valence-corrected chi connectivity index (χ1v) is 12.8. The summed E-state index contributed by atoms with van der Waals surface area (Å²) in [6.45, 7) is 5.17. The molecular formula is C20H31N3O6S2. The molecule has 1 saturated heterocycles. The van der Waals surface area contributed by atoms with Gasteiger partial charge in [-0.25, -0.2) is 0 Å². The number of aliphatic hydroxyl groups is 1. The third-order valence-corrected chi connectivity index (χ3v) is 7.37. The largest absolute Gasteiger partial charge is 0.457 e. The predicted molar refractivity (Wildman–Crippen MR) is 120 cm³/mol. The first-order valence-electron chi connectivity index (χ1n) is 10.4. The van der Waals surface area contributed by atoms with Gasteiger partial charge in [0.15, 0.2) is 0 Å². The van der Waals surface area contributed by atoms with Crippen molar-refractivity contribution in [1.82, 2.24) is 16.0 Å². The number of hydrogen-bond acceptors (Lipinski definition) is 8. The molecule has 0 aromatic heterocycles. The molecular weight excluding hydrogens is 442 g/mol. The second-order valence-electron chi connectivity index (χ2n) is 7.96. The van der Waals surface area contributed by atoms with E-state index in [1.165, 1.54) is 17.7 Å². The first kappa shape index (κ1) is 25.5. The second-order valence-corrected chi connectivity index (χ2v) is 10.6. The molecule has 2 aliphatic heterocycles. The van der Waals surface area contributed by atoms with Crippen molar-refractivity contribution in [2.24, 2.45) is 5.92 Å². The van der Waals surface area contributed by atoms with E-state index in [0.29, 0.717) is 12.2 Å². The lowest BCUT2D eigenvalue weighted by atomic mass is 9.96. The number of allylic oxidation sites excluding steroid dienone is 1. The number of esters is 1. The molecule has 0 aromatic rings. The Balaban J connectivity index is 2.41. The number of fused-ring (bicyclic) bond motifs is 7. The Morgan fingerprint density at radius 1 is 1.06 bits per heavy atom. The second kappa shape index (κ2) is 12.4. The maximum Gasteiger partial charge on any atom is 0.309 e. The van der Waals surface area contributed by atoms with Crippen LogP contribution in [0, 0.1) is 5.92 Å². The summed E-state index contributed by atoms with van der Waals surface area (Å²) >= 11 is 0. The van der Waals surface area contributed by atoms with Crippen molar-refractivity contribution < 1.29 is 29.0 Å². The molecule has 2 aliphatic rings. The number of amides is 3. The minimum Gasteiger partial charge on any atom is -0.457 e. The van der Waals surface area contributed by atoms with E-state index in [1.807, 2.05) is 19.9 Å². The van der Waals surface area contributed by atoms with E-state index < -0.39 is 54.0 Å². The SMILES string of the molecule is CC(C)[C@H]1NC(=O)[C@H]2CSSCCC=C[C@H](CC(=O)N[C@H](C)C(=O)N2)OC(=O)C[C@@H]1O. The van der Waals surface area contributed by atoms with Crippen LogP contribution in [0.5, 0.6) is 0 Å². The number of carbonyl (C=O) groups excluding carboxylic acids is 4. The Morgan fingerprint density at radius 2 is 1.81 bits per heavy atom. The number of rotatable bonds is 1. The fourth-order valence-corrected chi connectivity index (χ4v) is 5.36. The summed E-state index contributed by atoms with van der Waals surface area (Å²) in [5.41, 5.74) is 0. The number of aliphatic hydroxyl groups excluding tert-OH is 1. The molecule has 5 atom stereocenters. The van der Waals surface area contributed by atoms with E-state index in [9.17, 15) is 24.3 Å². The van der Waals surface area contributed by atoms with Crippen LogP contribution in [0.25, 0.3) is 0 Å². The summed E-state index contributed by atoms with van der Waals surface area (Å²) in [5.74, 6) is -1.17. The van der Waals surface area contributed by atoms with Gasteiger partial charge in [-0.1, -0.05) is 41.5 Å². The van der Waals surface area contributed by atoms with Crippen molar-refractivity contribution in [2.75, 3.05) is 11.5 Å². The summed E-state index contributed by atoms with van der Waals surface area (Å²) in [7, 11) is 3.02. The van der Waals surface area contributed by atoms with E-state index in [4.69, 9.17) is 4.74 Å². The lowest BCUT2D eigenvalue weighted by Gasteiger charge is -2.29. The van der Waals surface area contributed by atoms with Crippen LogP contribution in [-0.2, 0) is 23.9 Å². The summed E-state index contributed by atoms with van der Waals surface area (Å²) in [6.07, 6.45) is 1.72. The fourth-order valence-electron chi connectivity index (χ4n) is 3.20. The molecule has 11 heteroatoms. The Morgan fingerprint density at radius 3 is 2.52 bits per heavy atom. The molecule has 2 bridgehead atoms. The maximum absolute atomic E-state index is 13.0. The van der Waals surface area contributed by atoms with Gasteiger partial charge in [-0.3, -0.25) is 19.2 Å². The van der Waals surface area contributed by atoms with Gasteiger partial charge in [-0.2, -0.15) is 0 Å².